The number of amides is 1. The van der Waals surface area contributed by atoms with Crippen molar-refractivity contribution < 1.29 is 17.9 Å². The molecule has 31 heavy (non-hydrogen) atoms. The second-order valence-corrected chi connectivity index (χ2v) is 10.6. The van der Waals surface area contributed by atoms with E-state index in [1.54, 1.807) is 23.1 Å². The predicted molar refractivity (Wildman–Crippen MR) is 125 cm³/mol. The quantitative estimate of drug-likeness (QED) is 0.735. The van der Waals surface area contributed by atoms with Gasteiger partial charge in [-0.15, -0.1) is 0 Å². The van der Waals surface area contributed by atoms with Crippen LogP contribution < -0.4 is 14.4 Å². The van der Waals surface area contributed by atoms with Crippen LogP contribution in [0.4, 0.5) is 11.4 Å². The van der Waals surface area contributed by atoms with Crippen LogP contribution in [0.3, 0.4) is 0 Å². The molecule has 3 rings (SSSR count). The van der Waals surface area contributed by atoms with Crippen LogP contribution in [0.1, 0.15) is 48.6 Å². The van der Waals surface area contributed by atoms with Gasteiger partial charge in [0.1, 0.15) is 12.4 Å². The first-order valence-electron chi connectivity index (χ1n) is 10.5. The summed E-state index contributed by atoms with van der Waals surface area (Å²) in [5, 5.41) is 0. The number of hydrogen-bond donors (Lipinski definition) is 1. The molecule has 2 aromatic rings. The number of hydrogen-bond acceptors (Lipinski definition) is 4. The fourth-order valence-corrected chi connectivity index (χ4v) is 5.75. The van der Waals surface area contributed by atoms with E-state index in [9.17, 15) is 13.2 Å². The number of carbonyl (C=O) groups excluding carboxylic acids is 1. The van der Waals surface area contributed by atoms with Crippen LogP contribution in [0.2, 0.25) is 0 Å². The van der Waals surface area contributed by atoms with Crippen LogP contribution in [-0.2, 0) is 14.8 Å². The summed E-state index contributed by atoms with van der Waals surface area (Å²) in [6, 6.07) is 5.07. The number of anilines is 2. The van der Waals surface area contributed by atoms with Crippen molar-refractivity contribution in [2.45, 2.75) is 60.3 Å². The Morgan fingerprint density at radius 3 is 2.10 bits per heavy atom. The molecule has 0 spiro atoms. The summed E-state index contributed by atoms with van der Waals surface area (Å²) < 4.78 is 35.4. The normalized spacial score (nSPS) is 15.9. The van der Waals surface area contributed by atoms with Crippen molar-refractivity contribution in [2.75, 3.05) is 22.8 Å². The zero-order chi connectivity index (χ0) is 23.3. The second kappa shape index (κ2) is 7.86. The van der Waals surface area contributed by atoms with Crippen LogP contribution in [0.5, 0.6) is 5.75 Å². The standard InChI is InChI=1S/C24H32N2O4S/c1-9-26-20-11-10-19(12-21(20)30-13-24(7,8)23(26)27)25-31(28,29)22-17(5)15(3)14(2)16(4)18(22)6/h10-12,25H,9,13H2,1-8H3. The van der Waals surface area contributed by atoms with E-state index in [1.165, 1.54) is 0 Å². The van der Waals surface area contributed by atoms with Gasteiger partial charge in [-0.05, 0) is 95.3 Å². The third-order valence-corrected chi connectivity index (χ3v) is 8.09. The summed E-state index contributed by atoms with van der Waals surface area (Å²) in [7, 11) is -3.81. The van der Waals surface area contributed by atoms with Gasteiger partial charge in [-0.25, -0.2) is 8.42 Å². The molecule has 6 nitrogen and oxygen atoms in total. The van der Waals surface area contributed by atoms with Crippen LogP contribution in [0.25, 0.3) is 0 Å². The zero-order valence-corrected chi connectivity index (χ0v) is 20.5. The van der Waals surface area contributed by atoms with Crippen molar-refractivity contribution in [1.82, 2.24) is 0 Å². The number of benzene rings is 2. The topological polar surface area (TPSA) is 75.7 Å². The molecular formula is C24H32N2O4S. The van der Waals surface area contributed by atoms with Gasteiger partial charge >= 0.3 is 0 Å². The van der Waals surface area contributed by atoms with Crippen LogP contribution in [0.15, 0.2) is 23.1 Å². The minimum absolute atomic E-state index is 0.0149. The summed E-state index contributed by atoms with van der Waals surface area (Å²) in [5.41, 5.74) is 4.96. The van der Waals surface area contributed by atoms with Gasteiger partial charge < -0.3 is 9.64 Å². The number of sulfonamides is 1. The van der Waals surface area contributed by atoms with Gasteiger partial charge in [-0.3, -0.25) is 9.52 Å². The Labute approximate surface area is 185 Å². The molecule has 1 amide bonds. The molecule has 0 saturated heterocycles. The Balaban J connectivity index is 2.05. The molecule has 1 heterocycles. The molecule has 0 aliphatic carbocycles. The Bertz CT molecular complexity index is 1140. The van der Waals surface area contributed by atoms with E-state index in [-0.39, 0.29) is 12.5 Å². The van der Waals surface area contributed by atoms with E-state index < -0.39 is 15.4 Å². The lowest BCUT2D eigenvalue weighted by Gasteiger charge is -2.26. The van der Waals surface area contributed by atoms with Gasteiger partial charge in [-0.2, -0.15) is 0 Å². The van der Waals surface area contributed by atoms with E-state index in [0.29, 0.717) is 28.6 Å². The number of nitrogens with one attached hydrogen (secondary N) is 1. The van der Waals surface area contributed by atoms with Gasteiger partial charge in [0.05, 0.1) is 21.7 Å². The monoisotopic (exact) mass is 444 g/mol. The van der Waals surface area contributed by atoms with Crippen molar-refractivity contribution >= 4 is 27.3 Å². The molecule has 2 aromatic carbocycles. The first-order valence-corrected chi connectivity index (χ1v) is 12.0. The van der Waals surface area contributed by atoms with E-state index in [0.717, 1.165) is 27.8 Å². The molecule has 0 aromatic heterocycles. The number of nitrogens with zero attached hydrogens (tertiary/aromatic N) is 1. The molecule has 1 aliphatic heterocycles. The Hall–Kier alpha value is -2.54. The molecule has 0 unspecified atom stereocenters. The fraction of sp³-hybridized carbons (Fsp3) is 0.458. The molecule has 1 N–H and O–H groups in total. The lowest BCUT2D eigenvalue weighted by atomic mass is 9.93. The smallest absolute Gasteiger partial charge is 0.262 e. The van der Waals surface area contributed by atoms with E-state index >= 15 is 0 Å². The molecule has 0 bridgehead atoms. The predicted octanol–water partition coefficient (Wildman–Crippen LogP) is 4.80. The number of rotatable bonds is 4. The highest BCUT2D eigenvalue weighted by molar-refractivity contribution is 7.92. The molecule has 1 aliphatic rings. The molecule has 7 heteroatoms. The SMILES string of the molecule is CCN1C(=O)C(C)(C)COc2cc(NS(=O)(=O)c3c(C)c(C)c(C)c(C)c3C)ccc21. The molecule has 0 fully saturated rings. The lowest BCUT2D eigenvalue weighted by molar-refractivity contribution is -0.127. The maximum Gasteiger partial charge on any atom is 0.262 e. The minimum Gasteiger partial charge on any atom is -0.490 e. The van der Waals surface area contributed by atoms with Gasteiger partial charge in [-0.1, -0.05) is 0 Å². The maximum atomic E-state index is 13.4. The largest absolute Gasteiger partial charge is 0.490 e. The van der Waals surface area contributed by atoms with Gasteiger partial charge in [0.15, 0.2) is 0 Å². The lowest BCUT2D eigenvalue weighted by Crippen LogP contribution is -2.42. The third-order valence-electron chi connectivity index (χ3n) is 6.43. The van der Waals surface area contributed by atoms with E-state index in [1.807, 2.05) is 55.4 Å². The Morgan fingerprint density at radius 1 is 1.00 bits per heavy atom. The van der Waals surface area contributed by atoms with Gasteiger partial charge in [0, 0.05) is 12.6 Å². The van der Waals surface area contributed by atoms with Crippen LogP contribution in [-0.4, -0.2) is 27.5 Å². The average molecular weight is 445 g/mol. The molecule has 0 atom stereocenters. The van der Waals surface area contributed by atoms with Crippen molar-refractivity contribution in [3.8, 4) is 5.75 Å². The van der Waals surface area contributed by atoms with Crippen molar-refractivity contribution in [3.05, 3.63) is 46.0 Å². The molecule has 0 radical (unpaired) electrons. The number of ether oxygens (including phenoxy) is 1. The molecular weight excluding hydrogens is 412 g/mol. The summed E-state index contributed by atoms with van der Waals surface area (Å²) in [6.07, 6.45) is 0. The summed E-state index contributed by atoms with van der Waals surface area (Å²) in [4.78, 5) is 14.9. The first-order chi connectivity index (χ1) is 14.3. The van der Waals surface area contributed by atoms with Crippen LogP contribution in [0, 0.1) is 40.0 Å². The van der Waals surface area contributed by atoms with Crippen molar-refractivity contribution in [2.24, 2.45) is 5.41 Å². The Morgan fingerprint density at radius 2 is 1.55 bits per heavy atom. The zero-order valence-electron chi connectivity index (χ0n) is 19.6. The number of carbonyl (C=O) groups is 1. The Kier molecular flexibility index (Phi) is 5.86. The minimum atomic E-state index is -3.81. The fourth-order valence-electron chi connectivity index (χ4n) is 4.10. The highest BCUT2D eigenvalue weighted by atomic mass is 32.2. The van der Waals surface area contributed by atoms with Gasteiger partial charge in [0.2, 0.25) is 5.91 Å². The number of fused-ring (bicyclic) bond motifs is 1. The summed E-state index contributed by atoms with van der Waals surface area (Å²) >= 11 is 0. The van der Waals surface area contributed by atoms with Crippen LogP contribution >= 0.6 is 0 Å². The highest BCUT2D eigenvalue weighted by Crippen LogP contribution is 2.39. The first kappa shape index (κ1) is 23.1. The van der Waals surface area contributed by atoms with E-state index in [2.05, 4.69) is 4.72 Å². The highest BCUT2D eigenvalue weighted by Gasteiger charge is 2.37. The van der Waals surface area contributed by atoms with E-state index in [4.69, 9.17) is 4.74 Å². The van der Waals surface area contributed by atoms with Crippen molar-refractivity contribution in [1.29, 1.82) is 0 Å². The second-order valence-electron chi connectivity index (χ2n) is 8.96. The summed E-state index contributed by atoms with van der Waals surface area (Å²) in [5.74, 6) is 0.477. The average Bonchev–Trinajstić information content (AvgIpc) is 2.79. The van der Waals surface area contributed by atoms with Crippen molar-refractivity contribution in [3.63, 3.8) is 0 Å². The third kappa shape index (κ3) is 3.91. The van der Waals surface area contributed by atoms with Gasteiger partial charge in [0.25, 0.3) is 10.0 Å². The molecule has 0 saturated carbocycles. The summed E-state index contributed by atoms with van der Waals surface area (Å²) in [6.45, 7) is 15.9. The molecule has 168 valence electrons. The maximum absolute atomic E-state index is 13.4.